The van der Waals surface area contributed by atoms with Gasteiger partial charge in [0, 0.05) is 0 Å². The lowest BCUT2D eigenvalue weighted by Gasteiger charge is -2.27. The maximum atomic E-state index is 9.41. The molecular formula is C14H24O. The summed E-state index contributed by atoms with van der Waals surface area (Å²) in [6.45, 7) is 10.7. The van der Waals surface area contributed by atoms with E-state index in [9.17, 15) is 5.11 Å². The number of rotatable bonds is 3. The maximum Gasteiger partial charge on any atom is 0.0572 e. The molecule has 0 saturated carbocycles. The van der Waals surface area contributed by atoms with Crippen molar-refractivity contribution >= 4 is 0 Å². The van der Waals surface area contributed by atoms with Gasteiger partial charge in [0.2, 0.25) is 0 Å². The van der Waals surface area contributed by atoms with Gasteiger partial charge in [-0.1, -0.05) is 44.6 Å². The molecule has 0 amide bonds. The number of aliphatic hydroxyl groups excluding tert-OH is 1. The second kappa shape index (κ2) is 4.52. The minimum absolute atomic E-state index is 0.250. The van der Waals surface area contributed by atoms with E-state index in [1.807, 2.05) is 6.92 Å². The summed E-state index contributed by atoms with van der Waals surface area (Å²) in [5.74, 6) is 0.848. The van der Waals surface area contributed by atoms with Crippen LogP contribution in [-0.4, -0.2) is 11.2 Å². The summed E-state index contributed by atoms with van der Waals surface area (Å²) in [5, 5.41) is 9.41. The Morgan fingerprint density at radius 2 is 2.07 bits per heavy atom. The van der Waals surface area contributed by atoms with Gasteiger partial charge in [0.05, 0.1) is 6.10 Å². The number of hydrogen-bond acceptors (Lipinski definition) is 1. The molecule has 1 aliphatic carbocycles. The zero-order valence-corrected chi connectivity index (χ0v) is 10.6. The molecule has 3 atom stereocenters. The zero-order valence-electron chi connectivity index (χ0n) is 10.6. The first-order valence-corrected chi connectivity index (χ1v) is 5.89. The van der Waals surface area contributed by atoms with Crippen molar-refractivity contribution in [1.82, 2.24) is 0 Å². The van der Waals surface area contributed by atoms with E-state index in [1.165, 1.54) is 5.57 Å². The lowest BCUT2D eigenvalue weighted by atomic mass is 9.77. The minimum atomic E-state index is -0.250. The topological polar surface area (TPSA) is 20.2 Å². The molecule has 1 heteroatoms. The molecule has 0 spiro atoms. The van der Waals surface area contributed by atoms with Crippen molar-refractivity contribution in [2.45, 2.75) is 47.1 Å². The van der Waals surface area contributed by atoms with E-state index >= 15 is 0 Å². The van der Waals surface area contributed by atoms with Crippen LogP contribution in [0, 0.1) is 17.3 Å². The number of aliphatic hydroxyl groups is 1. The van der Waals surface area contributed by atoms with Crippen LogP contribution in [0.25, 0.3) is 0 Å². The Bertz CT molecular complexity index is 271. The predicted octanol–water partition coefficient (Wildman–Crippen LogP) is 3.55. The van der Waals surface area contributed by atoms with Crippen LogP contribution in [-0.2, 0) is 0 Å². The molecule has 15 heavy (non-hydrogen) atoms. The van der Waals surface area contributed by atoms with Crippen molar-refractivity contribution in [3.05, 3.63) is 23.8 Å². The highest BCUT2D eigenvalue weighted by molar-refractivity contribution is 5.22. The monoisotopic (exact) mass is 208 g/mol. The molecule has 0 aromatic carbocycles. The number of allylic oxidation sites excluding steroid dienone is 3. The Labute approximate surface area is 93.9 Å². The summed E-state index contributed by atoms with van der Waals surface area (Å²) in [5.41, 5.74) is 1.77. The standard InChI is InChI=1S/C14H24O/c1-10(12(3)15)6-8-13-9-7-11(2)14(13,4)5/h6-8,10,12-13,15H,9H2,1-5H3/b8-6+/t10-,12+,13?/m0/s1. The van der Waals surface area contributed by atoms with E-state index in [0.29, 0.717) is 5.92 Å². The van der Waals surface area contributed by atoms with Gasteiger partial charge in [0.25, 0.3) is 0 Å². The van der Waals surface area contributed by atoms with Gasteiger partial charge in [-0.2, -0.15) is 0 Å². The van der Waals surface area contributed by atoms with Gasteiger partial charge >= 0.3 is 0 Å². The predicted molar refractivity (Wildman–Crippen MR) is 65.6 cm³/mol. The van der Waals surface area contributed by atoms with Gasteiger partial charge in [-0.05, 0) is 37.5 Å². The Balaban J connectivity index is 2.62. The minimum Gasteiger partial charge on any atom is -0.393 e. The van der Waals surface area contributed by atoms with Crippen LogP contribution < -0.4 is 0 Å². The van der Waals surface area contributed by atoms with Crippen LogP contribution in [0.2, 0.25) is 0 Å². The fourth-order valence-electron chi connectivity index (χ4n) is 1.94. The molecule has 0 radical (unpaired) electrons. The first kappa shape index (κ1) is 12.5. The summed E-state index contributed by atoms with van der Waals surface area (Å²) >= 11 is 0. The van der Waals surface area contributed by atoms with E-state index in [4.69, 9.17) is 0 Å². The Morgan fingerprint density at radius 3 is 2.47 bits per heavy atom. The SMILES string of the molecule is CC1=CCC(/C=C/[C@H](C)[C@@H](C)O)C1(C)C. The molecule has 0 aromatic rings. The van der Waals surface area contributed by atoms with Crippen molar-refractivity contribution < 1.29 is 5.11 Å². The summed E-state index contributed by atoms with van der Waals surface area (Å²) in [6.07, 6.45) is 7.66. The second-order valence-corrected chi connectivity index (χ2v) is 5.44. The number of hydrogen-bond donors (Lipinski definition) is 1. The van der Waals surface area contributed by atoms with Gasteiger partial charge in [0.1, 0.15) is 0 Å². The molecule has 1 aliphatic rings. The van der Waals surface area contributed by atoms with Crippen LogP contribution in [0.3, 0.4) is 0 Å². The van der Waals surface area contributed by atoms with Crippen LogP contribution in [0.1, 0.15) is 41.0 Å². The van der Waals surface area contributed by atoms with E-state index in [2.05, 4.69) is 45.9 Å². The third-order valence-corrected chi connectivity index (χ3v) is 4.03. The van der Waals surface area contributed by atoms with Crippen LogP contribution in [0.4, 0.5) is 0 Å². The third kappa shape index (κ3) is 2.72. The lowest BCUT2D eigenvalue weighted by Crippen LogP contribution is -2.19. The summed E-state index contributed by atoms with van der Waals surface area (Å²) < 4.78 is 0. The largest absolute Gasteiger partial charge is 0.393 e. The van der Waals surface area contributed by atoms with Crippen molar-refractivity contribution in [2.75, 3.05) is 0 Å². The van der Waals surface area contributed by atoms with Gasteiger partial charge in [0.15, 0.2) is 0 Å². The molecule has 0 aromatic heterocycles. The Kier molecular flexibility index (Phi) is 3.77. The smallest absolute Gasteiger partial charge is 0.0572 e. The van der Waals surface area contributed by atoms with E-state index in [-0.39, 0.29) is 17.4 Å². The van der Waals surface area contributed by atoms with Crippen LogP contribution in [0.15, 0.2) is 23.8 Å². The average Bonchev–Trinajstić information content (AvgIpc) is 2.39. The lowest BCUT2D eigenvalue weighted by molar-refractivity contribution is 0.156. The molecule has 0 saturated heterocycles. The van der Waals surface area contributed by atoms with Crippen molar-refractivity contribution in [3.63, 3.8) is 0 Å². The molecule has 0 heterocycles. The molecule has 0 aliphatic heterocycles. The first-order valence-electron chi connectivity index (χ1n) is 5.89. The molecule has 1 rings (SSSR count). The highest BCUT2D eigenvalue weighted by atomic mass is 16.3. The third-order valence-electron chi connectivity index (χ3n) is 4.03. The van der Waals surface area contributed by atoms with Crippen molar-refractivity contribution in [3.8, 4) is 0 Å². The van der Waals surface area contributed by atoms with Crippen LogP contribution in [0.5, 0.6) is 0 Å². The van der Waals surface area contributed by atoms with Gasteiger partial charge in [-0.15, -0.1) is 0 Å². The van der Waals surface area contributed by atoms with Crippen molar-refractivity contribution in [2.24, 2.45) is 17.3 Å². The zero-order chi connectivity index (χ0) is 11.6. The molecule has 0 bridgehead atoms. The van der Waals surface area contributed by atoms with Crippen molar-refractivity contribution in [1.29, 1.82) is 0 Å². The molecular weight excluding hydrogens is 184 g/mol. The van der Waals surface area contributed by atoms with Crippen LogP contribution >= 0.6 is 0 Å². The van der Waals surface area contributed by atoms with E-state index in [0.717, 1.165) is 6.42 Å². The molecule has 86 valence electrons. The average molecular weight is 208 g/mol. The Hall–Kier alpha value is -0.560. The maximum absolute atomic E-state index is 9.41. The summed E-state index contributed by atoms with van der Waals surface area (Å²) in [7, 11) is 0. The van der Waals surface area contributed by atoms with Gasteiger partial charge in [-0.3, -0.25) is 0 Å². The molecule has 1 unspecified atom stereocenters. The fourth-order valence-corrected chi connectivity index (χ4v) is 1.94. The van der Waals surface area contributed by atoms with Gasteiger partial charge in [-0.25, -0.2) is 0 Å². The first-order chi connectivity index (χ1) is 6.85. The molecule has 1 N–H and O–H groups in total. The fraction of sp³-hybridized carbons (Fsp3) is 0.714. The molecule has 1 nitrogen and oxygen atoms in total. The molecule has 0 fully saturated rings. The summed E-state index contributed by atoms with van der Waals surface area (Å²) in [4.78, 5) is 0. The van der Waals surface area contributed by atoms with E-state index < -0.39 is 0 Å². The highest BCUT2D eigenvalue weighted by Crippen LogP contribution is 2.43. The quantitative estimate of drug-likeness (QED) is 0.703. The van der Waals surface area contributed by atoms with E-state index in [1.54, 1.807) is 0 Å². The Morgan fingerprint density at radius 1 is 1.47 bits per heavy atom. The summed E-state index contributed by atoms with van der Waals surface area (Å²) in [6, 6.07) is 0. The highest BCUT2D eigenvalue weighted by Gasteiger charge is 2.32. The normalized spacial score (nSPS) is 29.2. The van der Waals surface area contributed by atoms with Gasteiger partial charge < -0.3 is 5.11 Å². The second-order valence-electron chi connectivity index (χ2n) is 5.44.